The second-order valence-electron chi connectivity index (χ2n) is 6.17. The molecule has 0 N–H and O–H groups in total. The molecule has 0 aliphatic carbocycles. The Morgan fingerprint density at radius 3 is 2.69 bits per heavy atom. The van der Waals surface area contributed by atoms with E-state index in [9.17, 15) is 9.59 Å². The van der Waals surface area contributed by atoms with Gasteiger partial charge in [0.15, 0.2) is 5.16 Å². The second-order valence-corrected chi connectivity index (χ2v) is 8.34. The number of methoxy groups -OCH3 is 1. The van der Waals surface area contributed by atoms with Crippen molar-refractivity contribution >= 4 is 39.3 Å². The van der Waals surface area contributed by atoms with E-state index in [1.807, 2.05) is 11.4 Å². The monoisotopic (exact) mass is 388 g/mol. The standard InChI is InChI=1S/C19H20N2O3S2/c1-10-6-7-13(8-11(10)2)14-9-25-16-15(14)17(22)21(4)19(20-16)26-12(3)18(23)24-5/h6-9,12H,1-5H3/t12-/m1/s1. The molecule has 1 atom stereocenters. The molecule has 1 aromatic carbocycles. The molecule has 26 heavy (non-hydrogen) atoms. The van der Waals surface area contributed by atoms with Crippen molar-refractivity contribution in [2.45, 2.75) is 31.2 Å². The van der Waals surface area contributed by atoms with E-state index in [1.54, 1.807) is 14.0 Å². The lowest BCUT2D eigenvalue weighted by atomic mass is 10.0. The highest BCUT2D eigenvalue weighted by atomic mass is 32.2. The van der Waals surface area contributed by atoms with Gasteiger partial charge in [-0.2, -0.15) is 0 Å². The van der Waals surface area contributed by atoms with Crippen molar-refractivity contribution in [1.29, 1.82) is 0 Å². The summed E-state index contributed by atoms with van der Waals surface area (Å²) in [6.45, 7) is 5.87. The summed E-state index contributed by atoms with van der Waals surface area (Å²) in [4.78, 5) is 29.9. The summed E-state index contributed by atoms with van der Waals surface area (Å²) in [6.07, 6.45) is 0. The number of hydrogen-bond donors (Lipinski definition) is 0. The van der Waals surface area contributed by atoms with Crippen LogP contribution in [0.25, 0.3) is 21.3 Å². The Balaban J connectivity index is 2.11. The number of benzene rings is 1. The highest BCUT2D eigenvalue weighted by Crippen LogP contribution is 2.33. The molecule has 7 heteroatoms. The topological polar surface area (TPSA) is 61.2 Å². The van der Waals surface area contributed by atoms with Gasteiger partial charge < -0.3 is 4.74 Å². The molecule has 0 bridgehead atoms. The lowest BCUT2D eigenvalue weighted by Gasteiger charge is -2.11. The molecule has 0 unspecified atom stereocenters. The van der Waals surface area contributed by atoms with Crippen molar-refractivity contribution in [3.63, 3.8) is 0 Å². The molecular formula is C19H20N2O3S2. The molecule has 0 amide bonds. The number of carbonyl (C=O) groups excluding carboxylic acids is 1. The van der Waals surface area contributed by atoms with Gasteiger partial charge in [-0.1, -0.05) is 30.0 Å². The van der Waals surface area contributed by atoms with Crippen LogP contribution in [0.4, 0.5) is 0 Å². The van der Waals surface area contributed by atoms with Crippen LogP contribution in [0.1, 0.15) is 18.1 Å². The molecule has 0 spiro atoms. The maximum atomic E-state index is 13.0. The number of aromatic nitrogens is 2. The molecule has 0 aliphatic heterocycles. The second kappa shape index (κ2) is 7.25. The van der Waals surface area contributed by atoms with Crippen LogP contribution in [0.5, 0.6) is 0 Å². The number of aryl methyl sites for hydroxylation is 2. The average molecular weight is 389 g/mol. The quantitative estimate of drug-likeness (QED) is 0.385. The minimum absolute atomic E-state index is 0.107. The number of carbonyl (C=O) groups is 1. The summed E-state index contributed by atoms with van der Waals surface area (Å²) < 4.78 is 6.26. The third-order valence-electron chi connectivity index (χ3n) is 4.41. The zero-order chi connectivity index (χ0) is 19.0. The zero-order valence-electron chi connectivity index (χ0n) is 15.3. The predicted octanol–water partition coefficient (Wildman–Crippen LogP) is 3.93. The summed E-state index contributed by atoms with van der Waals surface area (Å²) in [6, 6.07) is 6.19. The number of thiophene rings is 1. The number of rotatable bonds is 4. The van der Waals surface area contributed by atoms with Gasteiger partial charge in [0, 0.05) is 18.0 Å². The molecule has 0 radical (unpaired) electrons. The first-order valence-electron chi connectivity index (χ1n) is 8.13. The average Bonchev–Trinajstić information content (AvgIpc) is 3.04. The Labute approximate surface area is 160 Å². The minimum atomic E-state index is -0.435. The normalized spacial score (nSPS) is 12.3. The molecule has 5 nitrogen and oxygen atoms in total. The highest BCUT2D eigenvalue weighted by Gasteiger charge is 2.20. The molecule has 3 rings (SSSR count). The van der Waals surface area contributed by atoms with Crippen LogP contribution in [0.3, 0.4) is 0 Å². The SMILES string of the molecule is COC(=O)[C@@H](C)Sc1nc2scc(-c3ccc(C)c(C)c3)c2c(=O)n1C. The Kier molecular flexibility index (Phi) is 5.20. The number of ether oxygens (including phenoxy) is 1. The van der Waals surface area contributed by atoms with Crippen molar-refractivity contribution in [1.82, 2.24) is 9.55 Å². The number of hydrogen-bond acceptors (Lipinski definition) is 6. The van der Waals surface area contributed by atoms with E-state index in [1.165, 1.54) is 45.9 Å². The Morgan fingerprint density at radius 1 is 1.31 bits per heavy atom. The first-order valence-corrected chi connectivity index (χ1v) is 9.89. The summed E-state index contributed by atoms with van der Waals surface area (Å²) >= 11 is 2.67. The first kappa shape index (κ1) is 18.7. The summed E-state index contributed by atoms with van der Waals surface area (Å²) in [5, 5.41) is 2.67. The maximum Gasteiger partial charge on any atom is 0.318 e. The summed E-state index contributed by atoms with van der Waals surface area (Å²) in [7, 11) is 3.03. The minimum Gasteiger partial charge on any atom is -0.468 e. The van der Waals surface area contributed by atoms with Crippen LogP contribution >= 0.6 is 23.1 Å². The molecule has 3 aromatic rings. The van der Waals surface area contributed by atoms with E-state index in [-0.39, 0.29) is 11.5 Å². The molecule has 0 saturated heterocycles. The van der Waals surface area contributed by atoms with Crippen LogP contribution < -0.4 is 5.56 Å². The highest BCUT2D eigenvalue weighted by molar-refractivity contribution is 8.00. The van der Waals surface area contributed by atoms with Gasteiger partial charge in [-0.15, -0.1) is 11.3 Å². The number of thioether (sulfide) groups is 1. The summed E-state index contributed by atoms with van der Waals surface area (Å²) in [5.41, 5.74) is 4.21. The fraction of sp³-hybridized carbons (Fsp3) is 0.316. The van der Waals surface area contributed by atoms with Gasteiger partial charge in [0.05, 0.1) is 12.5 Å². The van der Waals surface area contributed by atoms with Gasteiger partial charge in [-0.25, -0.2) is 4.98 Å². The number of esters is 1. The van der Waals surface area contributed by atoms with E-state index < -0.39 is 5.25 Å². The van der Waals surface area contributed by atoms with E-state index in [0.29, 0.717) is 15.4 Å². The van der Waals surface area contributed by atoms with Gasteiger partial charge >= 0.3 is 5.97 Å². The van der Waals surface area contributed by atoms with Crippen LogP contribution in [0, 0.1) is 13.8 Å². The van der Waals surface area contributed by atoms with Crippen LogP contribution in [-0.4, -0.2) is 27.9 Å². The maximum absolute atomic E-state index is 13.0. The van der Waals surface area contributed by atoms with Crippen molar-refractivity contribution in [2.75, 3.05) is 7.11 Å². The van der Waals surface area contributed by atoms with Crippen LogP contribution in [-0.2, 0) is 16.6 Å². The van der Waals surface area contributed by atoms with Crippen molar-refractivity contribution in [3.05, 3.63) is 45.1 Å². The molecule has 0 fully saturated rings. The smallest absolute Gasteiger partial charge is 0.318 e. The Hall–Kier alpha value is -2.12. The fourth-order valence-electron chi connectivity index (χ4n) is 2.65. The predicted molar refractivity (Wildman–Crippen MR) is 107 cm³/mol. The van der Waals surface area contributed by atoms with Gasteiger partial charge in [0.1, 0.15) is 10.1 Å². The number of fused-ring (bicyclic) bond motifs is 1. The lowest BCUT2D eigenvalue weighted by Crippen LogP contribution is -2.22. The zero-order valence-corrected chi connectivity index (χ0v) is 17.0. The number of nitrogens with zero attached hydrogens (tertiary/aromatic N) is 2. The largest absolute Gasteiger partial charge is 0.468 e. The van der Waals surface area contributed by atoms with Crippen molar-refractivity contribution in [3.8, 4) is 11.1 Å². The van der Waals surface area contributed by atoms with Crippen molar-refractivity contribution in [2.24, 2.45) is 7.05 Å². The third kappa shape index (κ3) is 3.29. The molecule has 2 heterocycles. The molecular weight excluding hydrogens is 368 g/mol. The Morgan fingerprint density at radius 2 is 2.04 bits per heavy atom. The van der Waals surface area contributed by atoms with Crippen LogP contribution in [0.15, 0.2) is 33.5 Å². The van der Waals surface area contributed by atoms with E-state index in [0.717, 1.165) is 11.1 Å². The molecule has 136 valence electrons. The van der Waals surface area contributed by atoms with Gasteiger partial charge in [0.25, 0.3) is 5.56 Å². The third-order valence-corrected chi connectivity index (χ3v) is 6.40. The Bertz CT molecular complexity index is 1050. The van der Waals surface area contributed by atoms with Gasteiger partial charge in [-0.3, -0.25) is 14.2 Å². The van der Waals surface area contributed by atoms with E-state index in [2.05, 4.69) is 31.0 Å². The summed E-state index contributed by atoms with van der Waals surface area (Å²) in [5.74, 6) is -0.341. The van der Waals surface area contributed by atoms with E-state index >= 15 is 0 Å². The van der Waals surface area contributed by atoms with Gasteiger partial charge in [-0.05, 0) is 37.5 Å². The molecule has 0 aliphatic rings. The van der Waals surface area contributed by atoms with E-state index in [4.69, 9.17) is 4.74 Å². The van der Waals surface area contributed by atoms with Gasteiger partial charge in [0.2, 0.25) is 0 Å². The van der Waals surface area contributed by atoms with Crippen LogP contribution in [0.2, 0.25) is 0 Å². The van der Waals surface area contributed by atoms with Crippen molar-refractivity contribution < 1.29 is 9.53 Å². The molecule has 0 saturated carbocycles. The lowest BCUT2D eigenvalue weighted by molar-refractivity contribution is -0.139. The first-order chi connectivity index (χ1) is 12.3. The fourth-order valence-corrected chi connectivity index (χ4v) is 4.54. The molecule has 2 aromatic heterocycles.